The number of fused-ring (bicyclic) bond motifs is 1. The second kappa shape index (κ2) is 9.35. The summed E-state index contributed by atoms with van der Waals surface area (Å²) < 4.78 is 1.89. The van der Waals surface area contributed by atoms with E-state index in [0.29, 0.717) is 0 Å². The van der Waals surface area contributed by atoms with Crippen molar-refractivity contribution in [2.75, 3.05) is 5.32 Å². The fourth-order valence-electron chi connectivity index (χ4n) is 4.28. The minimum Gasteiger partial charge on any atom is -0.309 e. The first-order chi connectivity index (χ1) is 16.5. The van der Waals surface area contributed by atoms with Gasteiger partial charge in [-0.15, -0.1) is 11.8 Å². The van der Waals surface area contributed by atoms with Gasteiger partial charge in [0.2, 0.25) is 5.91 Å². The number of anilines is 1. The summed E-state index contributed by atoms with van der Waals surface area (Å²) in [5.74, 6) is 0.776. The van der Waals surface area contributed by atoms with E-state index in [2.05, 4.69) is 66.9 Å². The Balaban J connectivity index is 1.53. The maximum absolute atomic E-state index is 12.9. The molecular formula is C29H27N3OS. The van der Waals surface area contributed by atoms with Crippen molar-refractivity contribution >= 4 is 35.6 Å². The molecule has 0 bridgehead atoms. The van der Waals surface area contributed by atoms with E-state index < -0.39 is 0 Å². The largest absolute Gasteiger partial charge is 0.309 e. The first-order valence-corrected chi connectivity index (χ1v) is 12.4. The number of thioether (sulfide) groups is 1. The van der Waals surface area contributed by atoms with Crippen molar-refractivity contribution in [1.29, 1.82) is 0 Å². The minimum atomic E-state index is -0.181. The third-order valence-electron chi connectivity index (χ3n) is 6.17. The Labute approximate surface area is 204 Å². The summed E-state index contributed by atoms with van der Waals surface area (Å²) >= 11 is 1.67. The summed E-state index contributed by atoms with van der Waals surface area (Å²) in [6.07, 6.45) is 4.24. The Morgan fingerprint density at radius 1 is 0.882 bits per heavy atom. The number of amides is 1. The highest BCUT2D eigenvalue weighted by Gasteiger charge is 2.34. The van der Waals surface area contributed by atoms with Crippen molar-refractivity contribution in [3.8, 4) is 5.69 Å². The molecule has 1 amide bonds. The van der Waals surface area contributed by atoms with Gasteiger partial charge in [-0.1, -0.05) is 84.9 Å². The van der Waals surface area contributed by atoms with Gasteiger partial charge in [0.1, 0.15) is 5.82 Å². The molecule has 5 rings (SSSR count). The molecule has 2 heterocycles. The standard InChI is InChI=1S/C29H27N3OS/c1-19-9-7-8-12-25(19)32-28-26(20(2)31-32)27(34-21(3)29(33)30-28)24-17-15-23(16-18-24)14-13-22-10-5-4-6-11-22/h4-18,21,27H,1-3H3,(H,30,33)/b14-13+/t21-,27+/m0/s1. The highest BCUT2D eigenvalue weighted by molar-refractivity contribution is 8.01. The summed E-state index contributed by atoms with van der Waals surface area (Å²) in [5.41, 5.74) is 7.56. The normalized spacial score (nSPS) is 17.9. The Morgan fingerprint density at radius 3 is 2.24 bits per heavy atom. The van der Waals surface area contributed by atoms with E-state index in [1.54, 1.807) is 11.8 Å². The molecule has 3 aromatic carbocycles. The Morgan fingerprint density at radius 2 is 1.53 bits per heavy atom. The van der Waals surface area contributed by atoms with Crippen LogP contribution in [0.3, 0.4) is 0 Å². The highest BCUT2D eigenvalue weighted by Crippen LogP contribution is 2.46. The van der Waals surface area contributed by atoms with Crippen LogP contribution >= 0.6 is 11.8 Å². The fraction of sp³-hybridized carbons (Fsp3) is 0.172. The van der Waals surface area contributed by atoms with E-state index in [4.69, 9.17) is 5.10 Å². The van der Waals surface area contributed by atoms with Gasteiger partial charge < -0.3 is 5.32 Å². The van der Waals surface area contributed by atoms with Gasteiger partial charge in [-0.2, -0.15) is 5.10 Å². The lowest BCUT2D eigenvalue weighted by Gasteiger charge is -2.17. The third-order valence-corrected chi connectivity index (χ3v) is 7.57. The van der Waals surface area contributed by atoms with Crippen molar-refractivity contribution < 1.29 is 4.79 Å². The number of hydrogen-bond acceptors (Lipinski definition) is 3. The predicted molar refractivity (Wildman–Crippen MR) is 142 cm³/mol. The first kappa shape index (κ1) is 22.2. The van der Waals surface area contributed by atoms with Crippen molar-refractivity contribution in [1.82, 2.24) is 9.78 Å². The predicted octanol–water partition coefficient (Wildman–Crippen LogP) is 6.82. The molecule has 2 atom stereocenters. The fourth-order valence-corrected chi connectivity index (χ4v) is 5.61. The van der Waals surface area contributed by atoms with Gasteiger partial charge in [0.25, 0.3) is 0 Å². The molecule has 0 unspecified atom stereocenters. The van der Waals surface area contributed by atoms with Crippen LogP contribution in [0.15, 0.2) is 78.9 Å². The van der Waals surface area contributed by atoms with Gasteiger partial charge in [-0.3, -0.25) is 4.79 Å². The zero-order chi connectivity index (χ0) is 23.7. The topological polar surface area (TPSA) is 46.9 Å². The van der Waals surface area contributed by atoms with Crippen LogP contribution in [-0.2, 0) is 4.79 Å². The number of rotatable bonds is 4. The molecule has 34 heavy (non-hydrogen) atoms. The zero-order valence-corrected chi connectivity index (χ0v) is 20.3. The third kappa shape index (κ3) is 4.31. The minimum absolute atomic E-state index is 0.00546. The number of aromatic nitrogens is 2. The Kier molecular flexibility index (Phi) is 6.12. The summed E-state index contributed by atoms with van der Waals surface area (Å²) in [6.45, 7) is 6.06. The van der Waals surface area contributed by atoms with E-state index >= 15 is 0 Å². The van der Waals surface area contributed by atoms with Gasteiger partial charge in [0.05, 0.1) is 21.9 Å². The lowest BCUT2D eigenvalue weighted by Crippen LogP contribution is -2.22. The van der Waals surface area contributed by atoms with Crippen LogP contribution in [0, 0.1) is 13.8 Å². The maximum Gasteiger partial charge on any atom is 0.238 e. The van der Waals surface area contributed by atoms with Crippen LogP contribution in [0.2, 0.25) is 0 Å². The van der Waals surface area contributed by atoms with E-state index in [-0.39, 0.29) is 16.4 Å². The smallest absolute Gasteiger partial charge is 0.238 e. The number of nitrogens with zero attached hydrogens (tertiary/aromatic N) is 2. The van der Waals surface area contributed by atoms with Gasteiger partial charge in [-0.05, 0) is 49.1 Å². The number of hydrogen-bond donors (Lipinski definition) is 1. The van der Waals surface area contributed by atoms with Gasteiger partial charge in [0.15, 0.2) is 0 Å². The lowest BCUT2D eigenvalue weighted by atomic mass is 10.0. The number of carbonyl (C=O) groups is 1. The molecule has 170 valence electrons. The molecule has 4 nitrogen and oxygen atoms in total. The zero-order valence-electron chi connectivity index (χ0n) is 19.5. The molecule has 1 aliphatic rings. The highest BCUT2D eigenvalue weighted by atomic mass is 32.2. The second-order valence-corrected chi connectivity index (χ2v) is 10.1. The van der Waals surface area contributed by atoms with Crippen LogP contribution < -0.4 is 5.32 Å². The summed E-state index contributed by atoms with van der Waals surface area (Å²) in [7, 11) is 0. The Bertz CT molecular complexity index is 1360. The maximum atomic E-state index is 12.9. The molecule has 1 aliphatic heterocycles. The van der Waals surface area contributed by atoms with Crippen LogP contribution in [0.1, 0.15) is 45.7 Å². The van der Waals surface area contributed by atoms with Gasteiger partial charge in [-0.25, -0.2) is 4.68 Å². The SMILES string of the molecule is Cc1ccccc1-n1nc(C)c2c1NC(=O)[C@H](C)S[C@@H]2c1ccc(/C=C/c2ccccc2)cc1. The molecule has 0 saturated heterocycles. The summed E-state index contributed by atoms with van der Waals surface area (Å²) in [4.78, 5) is 12.9. The quantitative estimate of drug-likeness (QED) is 0.336. The summed E-state index contributed by atoms with van der Waals surface area (Å²) in [6, 6.07) is 27.0. The van der Waals surface area contributed by atoms with Crippen molar-refractivity contribution in [3.63, 3.8) is 0 Å². The van der Waals surface area contributed by atoms with Crippen molar-refractivity contribution in [2.24, 2.45) is 0 Å². The lowest BCUT2D eigenvalue weighted by molar-refractivity contribution is -0.115. The van der Waals surface area contributed by atoms with E-state index in [9.17, 15) is 4.79 Å². The van der Waals surface area contributed by atoms with Crippen molar-refractivity contribution in [2.45, 2.75) is 31.3 Å². The van der Waals surface area contributed by atoms with E-state index in [1.807, 2.05) is 54.9 Å². The number of carbonyl (C=O) groups excluding carboxylic acids is 1. The molecule has 0 fully saturated rings. The monoisotopic (exact) mass is 465 g/mol. The molecule has 4 aromatic rings. The van der Waals surface area contributed by atoms with Crippen LogP contribution in [0.4, 0.5) is 5.82 Å². The average Bonchev–Trinajstić information content (AvgIpc) is 3.10. The van der Waals surface area contributed by atoms with E-state index in [1.165, 1.54) is 11.1 Å². The van der Waals surface area contributed by atoms with E-state index in [0.717, 1.165) is 33.9 Å². The molecule has 1 N–H and O–H groups in total. The van der Waals surface area contributed by atoms with Crippen LogP contribution in [0.5, 0.6) is 0 Å². The number of benzene rings is 3. The summed E-state index contributed by atoms with van der Waals surface area (Å²) in [5, 5.41) is 7.85. The number of para-hydroxylation sites is 1. The van der Waals surface area contributed by atoms with Crippen LogP contribution in [-0.4, -0.2) is 20.9 Å². The number of nitrogens with one attached hydrogen (secondary N) is 1. The Hall–Kier alpha value is -3.57. The molecule has 0 spiro atoms. The first-order valence-electron chi connectivity index (χ1n) is 11.5. The molecule has 0 aliphatic carbocycles. The molecule has 0 radical (unpaired) electrons. The van der Waals surface area contributed by atoms with Crippen molar-refractivity contribution in [3.05, 3.63) is 112 Å². The second-order valence-electron chi connectivity index (χ2n) is 8.60. The average molecular weight is 466 g/mol. The van der Waals surface area contributed by atoms with Crippen LogP contribution in [0.25, 0.3) is 17.8 Å². The molecule has 0 saturated carbocycles. The van der Waals surface area contributed by atoms with Gasteiger partial charge >= 0.3 is 0 Å². The number of aryl methyl sites for hydroxylation is 2. The molecule has 5 heteroatoms. The van der Waals surface area contributed by atoms with Gasteiger partial charge in [0, 0.05) is 5.56 Å². The molecular weight excluding hydrogens is 438 g/mol. The molecule has 1 aromatic heterocycles.